The molecule has 0 amide bonds. The minimum atomic E-state index is 1.01. The first kappa shape index (κ1) is 42.8. The van der Waals surface area contributed by atoms with Crippen molar-refractivity contribution in [3.8, 4) is 5.69 Å². The zero-order valence-electron chi connectivity index (χ0n) is 39.0. The number of aromatic nitrogens is 1. The number of hydrogen-bond donors (Lipinski definition) is 0. The van der Waals surface area contributed by atoms with Crippen LogP contribution in [0.2, 0.25) is 0 Å². The zero-order valence-corrected chi connectivity index (χ0v) is 39.0. The highest BCUT2D eigenvalue weighted by atomic mass is 15.2. The zero-order chi connectivity index (χ0) is 47.3. The van der Waals surface area contributed by atoms with Crippen LogP contribution in [0.4, 0.5) is 68.2 Å². The topological polar surface area (TPSA) is 17.9 Å². The van der Waals surface area contributed by atoms with Crippen LogP contribution in [-0.4, -0.2) is 4.57 Å². The van der Waals surface area contributed by atoms with E-state index in [0.717, 1.165) is 95.7 Å². The Labute approximate surface area is 415 Å². The number of anilines is 12. The molecule has 338 valence electrons. The number of nitrogens with zero attached hydrogens (tertiary/aromatic N) is 5. The smallest absolute Gasteiger partial charge is 0.0583 e. The minimum absolute atomic E-state index is 1.01. The largest absolute Gasteiger partial charge is 0.310 e. The molecule has 1 heterocycles. The van der Waals surface area contributed by atoms with Crippen LogP contribution in [0.25, 0.3) is 27.5 Å². The van der Waals surface area contributed by atoms with E-state index in [4.69, 9.17) is 0 Å². The Morgan fingerprint density at radius 1 is 0.211 bits per heavy atom. The Balaban J connectivity index is 1.22. The molecule has 0 aliphatic heterocycles. The van der Waals surface area contributed by atoms with Crippen LogP contribution in [-0.2, 0) is 0 Å². The molecule has 0 fully saturated rings. The van der Waals surface area contributed by atoms with Gasteiger partial charge in [-0.3, -0.25) is 0 Å². The van der Waals surface area contributed by atoms with Gasteiger partial charge in [0.05, 0.1) is 39.5 Å². The van der Waals surface area contributed by atoms with Crippen molar-refractivity contribution in [2.75, 3.05) is 19.6 Å². The van der Waals surface area contributed by atoms with Crippen LogP contribution in [0.1, 0.15) is 0 Å². The van der Waals surface area contributed by atoms with Gasteiger partial charge in [0.25, 0.3) is 0 Å². The average molecular weight is 912 g/mol. The number of hydrogen-bond acceptors (Lipinski definition) is 4. The molecular formula is C66H49N5. The van der Waals surface area contributed by atoms with Gasteiger partial charge in [-0.1, -0.05) is 164 Å². The summed E-state index contributed by atoms with van der Waals surface area (Å²) in [5, 5.41) is 2.28. The van der Waals surface area contributed by atoms with Gasteiger partial charge in [0.2, 0.25) is 0 Å². The number of fused-ring (bicyclic) bond motifs is 3. The molecule has 0 saturated carbocycles. The van der Waals surface area contributed by atoms with Crippen molar-refractivity contribution in [1.29, 1.82) is 0 Å². The predicted octanol–water partition coefficient (Wildman–Crippen LogP) is 18.7. The van der Waals surface area contributed by atoms with Gasteiger partial charge in [-0.25, -0.2) is 0 Å². The van der Waals surface area contributed by atoms with E-state index in [-0.39, 0.29) is 0 Å². The molecule has 0 aliphatic rings. The van der Waals surface area contributed by atoms with E-state index in [9.17, 15) is 0 Å². The molecule has 0 unspecified atom stereocenters. The van der Waals surface area contributed by atoms with Gasteiger partial charge >= 0.3 is 0 Å². The number of benzene rings is 11. The van der Waals surface area contributed by atoms with Crippen molar-refractivity contribution in [2.24, 2.45) is 0 Å². The fraction of sp³-hybridized carbons (Fsp3) is 0. The van der Waals surface area contributed by atoms with E-state index in [1.165, 1.54) is 0 Å². The average Bonchev–Trinajstić information content (AvgIpc) is 3.78. The molecule has 0 radical (unpaired) electrons. The molecule has 11 aromatic carbocycles. The van der Waals surface area contributed by atoms with Crippen molar-refractivity contribution in [1.82, 2.24) is 4.57 Å². The first-order chi connectivity index (χ1) is 35.3. The first-order valence-corrected chi connectivity index (χ1v) is 24.1. The van der Waals surface area contributed by atoms with Crippen LogP contribution < -0.4 is 19.6 Å². The summed E-state index contributed by atoms with van der Waals surface area (Å²) in [5.74, 6) is 0. The maximum absolute atomic E-state index is 2.48. The Hall–Kier alpha value is -9.58. The lowest BCUT2D eigenvalue weighted by Crippen LogP contribution is -2.15. The third-order valence-corrected chi connectivity index (χ3v) is 13.0. The fourth-order valence-electron chi connectivity index (χ4n) is 10.00. The number of rotatable bonds is 13. The van der Waals surface area contributed by atoms with Crippen LogP contribution >= 0.6 is 0 Å². The van der Waals surface area contributed by atoms with Crippen molar-refractivity contribution < 1.29 is 0 Å². The molecule has 5 nitrogen and oxygen atoms in total. The monoisotopic (exact) mass is 911 g/mol. The van der Waals surface area contributed by atoms with Crippen LogP contribution in [0.15, 0.2) is 297 Å². The van der Waals surface area contributed by atoms with E-state index in [0.29, 0.717) is 0 Å². The molecule has 1 aromatic heterocycles. The summed E-state index contributed by atoms with van der Waals surface area (Å²) in [5.41, 5.74) is 15.7. The summed E-state index contributed by atoms with van der Waals surface area (Å²) in [6.45, 7) is 0. The molecule has 71 heavy (non-hydrogen) atoms. The van der Waals surface area contributed by atoms with Gasteiger partial charge in [0, 0.05) is 56.3 Å². The maximum atomic E-state index is 2.48. The normalized spacial score (nSPS) is 11.1. The molecule has 0 bridgehead atoms. The van der Waals surface area contributed by atoms with Crippen LogP contribution in [0, 0.1) is 0 Å². The van der Waals surface area contributed by atoms with Crippen molar-refractivity contribution in [2.45, 2.75) is 0 Å². The molecular weight excluding hydrogens is 863 g/mol. The third kappa shape index (κ3) is 8.32. The number of para-hydroxylation sites is 9. The summed E-state index contributed by atoms with van der Waals surface area (Å²) >= 11 is 0. The SMILES string of the molecule is c1ccc(N(c2ccccc2)c2cc(N(c3ccccc3)c3ccccc3)cc(-n3c4ccccc4c4c(N(c5ccccc5)c5ccccc5)cc(N(c5ccccc5)c5ccccc5)cc43)c2)cc1. The molecule has 5 heteroatoms. The van der Waals surface area contributed by atoms with Crippen molar-refractivity contribution in [3.05, 3.63) is 297 Å². The van der Waals surface area contributed by atoms with Crippen LogP contribution in [0.5, 0.6) is 0 Å². The lowest BCUT2D eigenvalue weighted by atomic mass is 10.1. The Bertz CT molecular complexity index is 3420. The lowest BCUT2D eigenvalue weighted by Gasteiger charge is -2.31. The molecule has 0 aliphatic carbocycles. The third-order valence-electron chi connectivity index (χ3n) is 13.0. The van der Waals surface area contributed by atoms with Gasteiger partial charge < -0.3 is 24.2 Å². The van der Waals surface area contributed by atoms with Gasteiger partial charge in [-0.05, 0) is 133 Å². The van der Waals surface area contributed by atoms with E-state index in [2.05, 4.69) is 321 Å². The molecule has 0 spiro atoms. The maximum Gasteiger partial charge on any atom is 0.0583 e. The van der Waals surface area contributed by atoms with Crippen molar-refractivity contribution >= 4 is 90.1 Å². The lowest BCUT2D eigenvalue weighted by molar-refractivity contribution is 1.15. The highest BCUT2D eigenvalue weighted by Crippen LogP contribution is 2.49. The van der Waals surface area contributed by atoms with Gasteiger partial charge in [-0.2, -0.15) is 0 Å². The Morgan fingerprint density at radius 3 is 0.831 bits per heavy atom. The first-order valence-electron chi connectivity index (χ1n) is 24.1. The standard InChI is InChI=1S/C66H49N5/c1-9-27-50(28-10-1)67(51-29-11-2-12-30-51)58-45-59(68(52-31-13-3-14-32-52)53-33-15-4-16-34-53)47-60(46-58)71-63-44-26-25-43-62(63)66-64(70(56-39-21-7-22-40-56)57-41-23-8-24-42-57)48-61(49-65(66)71)69(54-35-17-5-18-36-54)55-37-19-6-20-38-55/h1-49H. The summed E-state index contributed by atoms with van der Waals surface area (Å²) in [6, 6.07) is 106. The molecule has 12 aromatic rings. The van der Waals surface area contributed by atoms with Gasteiger partial charge in [0.1, 0.15) is 0 Å². The summed E-state index contributed by atoms with van der Waals surface area (Å²) < 4.78 is 2.48. The molecule has 0 saturated heterocycles. The molecule has 0 atom stereocenters. The molecule has 12 rings (SSSR count). The second-order valence-electron chi connectivity index (χ2n) is 17.4. The highest BCUT2D eigenvalue weighted by Gasteiger charge is 2.26. The quantitative estimate of drug-likeness (QED) is 0.115. The summed E-state index contributed by atoms with van der Waals surface area (Å²) in [6.07, 6.45) is 0. The fourth-order valence-corrected chi connectivity index (χ4v) is 10.00. The van der Waals surface area contributed by atoms with E-state index < -0.39 is 0 Å². The Morgan fingerprint density at radius 2 is 0.493 bits per heavy atom. The Kier molecular flexibility index (Phi) is 11.6. The van der Waals surface area contributed by atoms with Gasteiger partial charge in [-0.15, -0.1) is 0 Å². The van der Waals surface area contributed by atoms with E-state index in [1.807, 2.05) is 0 Å². The summed E-state index contributed by atoms with van der Waals surface area (Å²) in [4.78, 5) is 9.52. The predicted molar refractivity (Wildman–Crippen MR) is 300 cm³/mol. The highest BCUT2D eigenvalue weighted by molar-refractivity contribution is 6.18. The van der Waals surface area contributed by atoms with Crippen molar-refractivity contribution in [3.63, 3.8) is 0 Å². The molecule has 0 N–H and O–H groups in total. The van der Waals surface area contributed by atoms with E-state index >= 15 is 0 Å². The van der Waals surface area contributed by atoms with E-state index in [1.54, 1.807) is 0 Å². The second kappa shape index (κ2) is 19.2. The second-order valence-corrected chi connectivity index (χ2v) is 17.4. The van der Waals surface area contributed by atoms with Crippen LogP contribution in [0.3, 0.4) is 0 Å². The van der Waals surface area contributed by atoms with Gasteiger partial charge in [0.15, 0.2) is 0 Å². The minimum Gasteiger partial charge on any atom is -0.310 e. The summed E-state index contributed by atoms with van der Waals surface area (Å²) in [7, 11) is 0.